The third-order valence-electron chi connectivity index (χ3n) is 12.7. The zero-order chi connectivity index (χ0) is 34.9. The van der Waals surface area contributed by atoms with Gasteiger partial charge in [-0.2, -0.15) is 0 Å². The monoisotopic (exact) mass is 669 g/mol. The van der Waals surface area contributed by atoms with E-state index in [1.54, 1.807) is 11.8 Å². The Bertz CT molecular complexity index is 1140. The van der Waals surface area contributed by atoms with Gasteiger partial charge in [0.05, 0.1) is 24.9 Å². The smallest absolute Gasteiger partial charge is 0.192 e. The minimum Gasteiger partial charge on any atom is -0.411 e. The van der Waals surface area contributed by atoms with Crippen molar-refractivity contribution in [2.75, 3.05) is 6.61 Å². The molecule has 0 radical (unpaired) electrons. The Labute approximate surface area is 287 Å². The second-order valence-electron chi connectivity index (χ2n) is 19.4. The van der Waals surface area contributed by atoms with E-state index in [0.29, 0.717) is 28.8 Å². The summed E-state index contributed by atoms with van der Waals surface area (Å²) in [6, 6.07) is 0. The highest BCUT2D eigenvalue weighted by atomic mass is 28.4. The summed E-state index contributed by atoms with van der Waals surface area (Å²) in [6.07, 6.45) is 15.9. The van der Waals surface area contributed by atoms with Crippen LogP contribution in [0.15, 0.2) is 35.1 Å². The normalized spacial score (nSPS) is 31.7. The Kier molecular flexibility index (Phi) is 12.4. The number of ether oxygens (including phenoxy) is 1. The van der Waals surface area contributed by atoms with Gasteiger partial charge in [-0.1, -0.05) is 92.5 Å². The van der Waals surface area contributed by atoms with Gasteiger partial charge in [0, 0.05) is 6.61 Å². The lowest BCUT2D eigenvalue weighted by Crippen LogP contribution is -2.50. The molecule has 3 aliphatic carbocycles. The van der Waals surface area contributed by atoms with Crippen LogP contribution in [0, 0.1) is 29.2 Å². The van der Waals surface area contributed by atoms with Gasteiger partial charge in [0.25, 0.3) is 0 Å². The third-order valence-corrected chi connectivity index (χ3v) is 21.7. The van der Waals surface area contributed by atoms with Gasteiger partial charge in [0.15, 0.2) is 22.8 Å². The van der Waals surface area contributed by atoms with E-state index in [4.69, 9.17) is 20.2 Å². The van der Waals surface area contributed by atoms with Crippen molar-refractivity contribution in [3.63, 3.8) is 0 Å². The van der Waals surface area contributed by atoms with Crippen LogP contribution in [0.5, 0.6) is 0 Å². The Balaban J connectivity index is 1.92. The van der Waals surface area contributed by atoms with Crippen LogP contribution in [0.3, 0.4) is 0 Å². The van der Waals surface area contributed by atoms with Gasteiger partial charge in [-0.05, 0) is 123 Å². The molecule has 0 spiro atoms. The summed E-state index contributed by atoms with van der Waals surface area (Å²) in [5, 5.41) is 0.183. The Hall–Kier alpha value is -0.976. The fourth-order valence-corrected chi connectivity index (χ4v) is 10.2. The molecule has 46 heavy (non-hydrogen) atoms. The molecule has 3 rings (SSSR count). The molecule has 0 amide bonds. The van der Waals surface area contributed by atoms with Crippen molar-refractivity contribution in [1.29, 1.82) is 0 Å². The molecule has 0 saturated heterocycles. The van der Waals surface area contributed by atoms with Crippen LogP contribution in [0.2, 0.25) is 36.3 Å². The summed E-state index contributed by atoms with van der Waals surface area (Å²) in [5.41, 5.74) is 4.72. The summed E-state index contributed by atoms with van der Waals surface area (Å²) in [4.78, 5) is 3.80. The van der Waals surface area contributed by atoms with Crippen molar-refractivity contribution in [3.8, 4) is 0 Å². The minimum absolute atomic E-state index is 0.0917. The Morgan fingerprint density at radius 2 is 1.43 bits per heavy atom. The Morgan fingerprint density at radius 1 is 0.891 bits per heavy atom. The first-order valence-electron chi connectivity index (χ1n) is 18.3. The summed E-state index contributed by atoms with van der Waals surface area (Å²) in [7, 11) is -4.16. The summed E-state index contributed by atoms with van der Waals surface area (Å²) in [5.74, 6) is 1.26. The van der Waals surface area contributed by atoms with Crippen LogP contribution < -0.4 is 0 Å². The van der Waals surface area contributed by atoms with Gasteiger partial charge in [-0.3, -0.25) is 0 Å². The average Bonchev–Trinajstić information content (AvgIpc) is 3.24. The van der Waals surface area contributed by atoms with E-state index in [9.17, 15) is 0 Å². The fourth-order valence-electron chi connectivity index (χ4n) is 7.61. The van der Waals surface area contributed by atoms with Crippen molar-refractivity contribution in [2.45, 2.75) is 182 Å². The first-order chi connectivity index (χ1) is 20.9. The highest BCUT2D eigenvalue weighted by Crippen LogP contribution is 2.59. The van der Waals surface area contributed by atoms with E-state index in [1.807, 2.05) is 0 Å². The van der Waals surface area contributed by atoms with Gasteiger partial charge in [-0.15, -0.1) is 0 Å². The first-order valence-corrected chi connectivity index (χ1v) is 24.2. The highest BCUT2D eigenvalue weighted by Gasteiger charge is 2.51. The average molecular weight is 670 g/mol. The maximum atomic E-state index is 7.82. The zero-order valence-corrected chi connectivity index (χ0v) is 34.7. The van der Waals surface area contributed by atoms with Crippen LogP contribution in [0.25, 0.3) is 4.85 Å². The molecule has 0 aliphatic heterocycles. The van der Waals surface area contributed by atoms with Crippen LogP contribution in [0.1, 0.15) is 128 Å². The number of allylic oxidation sites excluding steroid dienone is 3. The number of rotatable bonds is 9. The Morgan fingerprint density at radius 3 is 1.91 bits per heavy atom. The van der Waals surface area contributed by atoms with Crippen LogP contribution in [-0.4, -0.2) is 41.6 Å². The van der Waals surface area contributed by atoms with E-state index in [2.05, 4.69) is 119 Å². The van der Waals surface area contributed by atoms with Crippen LogP contribution in [-0.2, 0) is 13.6 Å². The van der Waals surface area contributed by atoms with Gasteiger partial charge in [0.2, 0.25) is 0 Å². The lowest BCUT2D eigenvalue weighted by Gasteiger charge is -2.46. The molecule has 6 atom stereocenters. The molecule has 3 fully saturated rings. The van der Waals surface area contributed by atoms with Gasteiger partial charge in [0.1, 0.15) is 0 Å². The predicted molar refractivity (Wildman–Crippen MR) is 202 cm³/mol. The summed E-state index contributed by atoms with van der Waals surface area (Å²) < 4.78 is 20.8. The van der Waals surface area contributed by atoms with E-state index < -0.39 is 16.6 Å². The molecule has 262 valence electrons. The quantitative estimate of drug-likeness (QED) is 0.181. The molecule has 0 N–H and O–H groups in total. The molecule has 0 bridgehead atoms. The molecule has 0 aromatic rings. The zero-order valence-electron chi connectivity index (χ0n) is 32.7. The van der Waals surface area contributed by atoms with Crippen molar-refractivity contribution in [2.24, 2.45) is 22.7 Å². The lowest BCUT2D eigenvalue weighted by atomic mass is 9.62. The first kappa shape index (κ1) is 39.5. The molecular formula is C40H71NO3Si2. The number of fused-ring (bicyclic) bond motifs is 1. The lowest BCUT2D eigenvalue weighted by molar-refractivity contribution is -0.0318. The topological polar surface area (TPSA) is 32.0 Å². The van der Waals surface area contributed by atoms with Crippen molar-refractivity contribution < 1.29 is 13.6 Å². The number of hydrogen-bond donors (Lipinski definition) is 0. The molecular weight excluding hydrogens is 599 g/mol. The second kappa shape index (κ2) is 14.5. The maximum Gasteiger partial charge on any atom is 0.192 e. The highest BCUT2D eigenvalue weighted by molar-refractivity contribution is 6.74. The van der Waals surface area contributed by atoms with Crippen LogP contribution in [0.4, 0.5) is 0 Å². The number of nitrogens with zero attached hydrogens (tertiary/aromatic N) is 1. The maximum absolute atomic E-state index is 7.82. The van der Waals surface area contributed by atoms with Gasteiger partial charge < -0.3 is 13.6 Å². The standard InChI is InChI=1S/C40H71NO3Si2/c1-29(42-25-24-37(2,3)4)33-21-22-34-31(18-17-23-40(33,34)11)20-19-30-26-35(43-45(13,14)38(5,6)7)32(28-41-12)36(27-30)44-46(15,16)39(8,9)10/h19-20,28-29,33-36H,17-18,21-27H2,1-11,13-16H3/b30-19?,31-20+,32-28?/t29-,33?,34?,35-,36+,40?/m1/s1. The molecule has 0 aromatic heterocycles. The molecule has 0 heterocycles. The molecule has 3 aliphatic rings. The van der Waals surface area contributed by atoms with E-state index in [-0.39, 0.29) is 22.3 Å². The summed E-state index contributed by atoms with van der Waals surface area (Å²) >= 11 is 0. The van der Waals surface area contributed by atoms with Crippen LogP contribution >= 0.6 is 0 Å². The second-order valence-corrected chi connectivity index (χ2v) is 29.0. The molecule has 3 saturated carbocycles. The molecule has 0 aromatic carbocycles. The van der Waals surface area contributed by atoms with Gasteiger partial charge in [-0.25, -0.2) is 4.85 Å². The SMILES string of the molecule is [C-]#[N+]C=C1[C@@H](O[Si](C)(C)C(C)(C)C)CC(=C/C=C2\CCCC3(C)C2CCC3[C@@H](C)OCCC(C)(C)C)C[C@H]1O[Si](C)(C)C(C)(C)C. The third kappa shape index (κ3) is 9.38. The molecule has 6 heteroatoms. The van der Waals surface area contributed by atoms with E-state index in [0.717, 1.165) is 31.4 Å². The minimum atomic E-state index is -2.08. The van der Waals surface area contributed by atoms with Crippen molar-refractivity contribution in [3.05, 3.63) is 46.5 Å². The molecule has 3 unspecified atom stereocenters. The van der Waals surface area contributed by atoms with Crippen molar-refractivity contribution in [1.82, 2.24) is 0 Å². The number of hydrogen-bond acceptors (Lipinski definition) is 3. The van der Waals surface area contributed by atoms with Gasteiger partial charge >= 0.3 is 0 Å². The largest absolute Gasteiger partial charge is 0.411 e. The fraction of sp³-hybridized carbons (Fsp3) is 0.825. The molecule has 4 nitrogen and oxygen atoms in total. The summed E-state index contributed by atoms with van der Waals surface area (Å²) in [6.45, 7) is 43.6. The van der Waals surface area contributed by atoms with E-state index in [1.165, 1.54) is 37.7 Å². The predicted octanol–water partition coefficient (Wildman–Crippen LogP) is 12.3. The van der Waals surface area contributed by atoms with Crippen molar-refractivity contribution >= 4 is 16.6 Å². The van der Waals surface area contributed by atoms with E-state index >= 15 is 0 Å².